The molecule has 1 aromatic carbocycles. The molecule has 0 fully saturated rings. The van der Waals surface area contributed by atoms with Crippen LogP contribution in [-0.4, -0.2) is 37.5 Å². The second-order valence-electron chi connectivity index (χ2n) is 7.42. The third-order valence-electron chi connectivity index (χ3n) is 5.54. The molecule has 1 aromatic rings. The molecule has 0 amide bonds. The van der Waals surface area contributed by atoms with Gasteiger partial charge in [0, 0.05) is 16.4 Å². The van der Waals surface area contributed by atoms with Crippen molar-refractivity contribution in [2.24, 2.45) is 11.3 Å². The second kappa shape index (κ2) is 5.62. The molecule has 0 heterocycles. The minimum atomic E-state index is -1.24. The molecule has 0 aromatic heterocycles. The Kier molecular flexibility index (Phi) is 3.90. The summed E-state index contributed by atoms with van der Waals surface area (Å²) in [7, 11) is 2.70. The van der Waals surface area contributed by atoms with E-state index in [9.17, 15) is 19.2 Å². The van der Waals surface area contributed by atoms with Crippen LogP contribution >= 0.6 is 0 Å². The number of hydrogen-bond acceptors (Lipinski definition) is 6. The number of esters is 1. The zero-order valence-corrected chi connectivity index (χ0v) is 15.3. The average Bonchev–Trinajstić information content (AvgIpc) is 2.61. The lowest BCUT2D eigenvalue weighted by Crippen LogP contribution is -2.57. The van der Waals surface area contributed by atoms with E-state index in [0.717, 1.165) is 0 Å². The number of Topliss-reactive ketones (excluding diaryl/α,β-unsaturated/α-hetero) is 3. The van der Waals surface area contributed by atoms with Crippen molar-refractivity contribution < 1.29 is 28.7 Å². The van der Waals surface area contributed by atoms with Crippen LogP contribution in [0.5, 0.6) is 5.75 Å². The highest BCUT2D eigenvalue weighted by molar-refractivity contribution is 6.47. The van der Waals surface area contributed by atoms with Crippen LogP contribution in [-0.2, 0) is 24.5 Å². The monoisotopic (exact) mass is 356 g/mol. The van der Waals surface area contributed by atoms with E-state index in [-0.39, 0.29) is 11.1 Å². The van der Waals surface area contributed by atoms with Crippen molar-refractivity contribution in [2.75, 3.05) is 14.2 Å². The Balaban J connectivity index is 2.39. The number of hydrogen-bond donors (Lipinski definition) is 0. The number of fused-ring (bicyclic) bond motifs is 3. The Morgan fingerprint density at radius 1 is 1.08 bits per heavy atom. The molecule has 0 radical (unpaired) electrons. The fraction of sp³-hybridized carbons (Fsp3) is 0.400. The van der Waals surface area contributed by atoms with Crippen LogP contribution in [0.25, 0.3) is 0 Å². The number of methoxy groups -OCH3 is 2. The second-order valence-corrected chi connectivity index (χ2v) is 7.42. The molecule has 0 aliphatic heterocycles. The van der Waals surface area contributed by atoms with E-state index in [1.165, 1.54) is 20.3 Å². The van der Waals surface area contributed by atoms with Crippen molar-refractivity contribution in [2.45, 2.75) is 26.2 Å². The average molecular weight is 356 g/mol. The van der Waals surface area contributed by atoms with Gasteiger partial charge in [0.1, 0.15) is 11.3 Å². The molecule has 2 aliphatic rings. The predicted molar refractivity (Wildman–Crippen MR) is 92.1 cm³/mol. The quantitative estimate of drug-likeness (QED) is 0.458. The van der Waals surface area contributed by atoms with E-state index in [1.807, 2.05) is 0 Å². The summed E-state index contributed by atoms with van der Waals surface area (Å²) in [6.07, 6.45) is 1.47. The van der Waals surface area contributed by atoms with Gasteiger partial charge >= 0.3 is 5.97 Å². The molecule has 1 unspecified atom stereocenters. The van der Waals surface area contributed by atoms with Crippen LogP contribution < -0.4 is 4.74 Å². The van der Waals surface area contributed by atoms with Crippen LogP contribution in [0.4, 0.5) is 0 Å². The fourth-order valence-corrected chi connectivity index (χ4v) is 4.33. The van der Waals surface area contributed by atoms with Gasteiger partial charge in [-0.3, -0.25) is 14.4 Å². The maximum absolute atomic E-state index is 12.9. The van der Waals surface area contributed by atoms with Crippen LogP contribution in [0.15, 0.2) is 29.8 Å². The standard InChI is InChI=1S/C20H20O6/c1-19(2)16-15(22)14(21)11-7-6-10(25-4)8-13(11)20(16,3)9-12(17(19)23)18(24)26-5/h6-9,16H,1-5H3/t16?,20-/m1/s1. The first-order chi connectivity index (χ1) is 12.1. The molecule has 3 rings (SSSR count). The van der Waals surface area contributed by atoms with Crippen molar-refractivity contribution in [3.05, 3.63) is 41.0 Å². The minimum absolute atomic E-state index is 0.104. The van der Waals surface area contributed by atoms with Gasteiger partial charge in [-0.2, -0.15) is 0 Å². The van der Waals surface area contributed by atoms with Gasteiger partial charge in [-0.1, -0.05) is 26.8 Å². The minimum Gasteiger partial charge on any atom is -0.497 e. The van der Waals surface area contributed by atoms with Gasteiger partial charge in [0.15, 0.2) is 5.78 Å². The van der Waals surface area contributed by atoms with Crippen molar-refractivity contribution in [1.29, 1.82) is 0 Å². The zero-order chi connectivity index (χ0) is 19.4. The van der Waals surface area contributed by atoms with Gasteiger partial charge in [0.05, 0.1) is 20.1 Å². The van der Waals surface area contributed by atoms with Gasteiger partial charge in [-0.05, 0) is 23.8 Å². The van der Waals surface area contributed by atoms with Crippen molar-refractivity contribution in [1.82, 2.24) is 0 Å². The van der Waals surface area contributed by atoms with E-state index in [1.54, 1.807) is 39.0 Å². The Hall–Kier alpha value is -2.76. The first-order valence-electron chi connectivity index (χ1n) is 8.22. The summed E-state index contributed by atoms with van der Waals surface area (Å²) in [5.74, 6) is -2.89. The molecule has 2 atom stereocenters. The summed E-state index contributed by atoms with van der Waals surface area (Å²) >= 11 is 0. The first-order valence-corrected chi connectivity index (χ1v) is 8.22. The van der Waals surface area contributed by atoms with Crippen LogP contribution in [0, 0.1) is 11.3 Å². The maximum atomic E-state index is 12.9. The summed E-state index contributed by atoms with van der Waals surface area (Å²) in [5, 5.41) is 0. The highest BCUT2D eigenvalue weighted by Gasteiger charge is 2.60. The molecule has 0 spiro atoms. The number of carbonyl (C=O) groups is 4. The number of allylic oxidation sites excluding steroid dienone is 1. The lowest BCUT2D eigenvalue weighted by atomic mass is 9.50. The van der Waals surface area contributed by atoms with Gasteiger partial charge in [-0.15, -0.1) is 0 Å². The van der Waals surface area contributed by atoms with Gasteiger partial charge < -0.3 is 9.47 Å². The number of ether oxygens (including phenoxy) is 2. The molecule has 136 valence electrons. The number of ketones is 3. The molecule has 6 heteroatoms. The number of rotatable bonds is 2. The maximum Gasteiger partial charge on any atom is 0.341 e. The predicted octanol–water partition coefficient (Wildman–Crippen LogP) is 2.04. The first kappa shape index (κ1) is 18.0. The Labute approximate surface area is 151 Å². The molecule has 2 aliphatic carbocycles. The van der Waals surface area contributed by atoms with Crippen molar-refractivity contribution >= 4 is 23.3 Å². The molecule has 26 heavy (non-hydrogen) atoms. The highest BCUT2D eigenvalue weighted by atomic mass is 16.5. The normalized spacial score (nSPS) is 26.6. The van der Waals surface area contributed by atoms with E-state index in [2.05, 4.69) is 0 Å². The molecule has 0 saturated carbocycles. The summed E-state index contributed by atoms with van der Waals surface area (Å²) < 4.78 is 10.0. The smallest absolute Gasteiger partial charge is 0.341 e. The van der Waals surface area contributed by atoms with E-state index in [0.29, 0.717) is 11.3 Å². The third kappa shape index (κ3) is 2.18. The molecule has 0 bridgehead atoms. The summed E-state index contributed by atoms with van der Waals surface area (Å²) in [6.45, 7) is 4.94. The van der Waals surface area contributed by atoms with Crippen LogP contribution in [0.2, 0.25) is 0 Å². The summed E-state index contributed by atoms with van der Waals surface area (Å²) in [4.78, 5) is 50.6. The molecule has 0 saturated heterocycles. The van der Waals surface area contributed by atoms with Crippen molar-refractivity contribution in [3.63, 3.8) is 0 Å². The Bertz CT molecular complexity index is 892. The Morgan fingerprint density at radius 2 is 1.73 bits per heavy atom. The highest BCUT2D eigenvalue weighted by Crippen LogP contribution is 2.53. The molecule has 6 nitrogen and oxygen atoms in total. The van der Waals surface area contributed by atoms with Crippen molar-refractivity contribution in [3.8, 4) is 5.75 Å². The topological polar surface area (TPSA) is 86.7 Å². The SMILES string of the molecule is COC(=O)C1=C[C@]2(C)c3cc(OC)ccc3C(=O)C(=O)C2C(C)(C)C1=O. The molecular weight excluding hydrogens is 336 g/mol. The summed E-state index contributed by atoms with van der Waals surface area (Å²) in [6, 6.07) is 4.84. The van der Waals surface area contributed by atoms with Crippen LogP contribution in [0.1, 0.15) is 36.7 Å². The third-order valence-corrected chi connectivity index (χ3v) is 5.54. The van der Waals surface area contributed by atoms with Gasteiger partial charge in [0.2, 0.25) is 11.6 Å². The molecular formula is C20H20O6. The summed E-state index contributed by atoms with van der Waals surface area (Å²) in [5.41, 5.74) is -1.53. The lowest BCUT2D eigenvalue weighted by Gasteiger charge is -2.49. The van der Waals surface area contributed by atoms with Gasteiger partial charge in [-0.25, -0.2) is 4.79 Å². The number of benzene rings is 1. The van der Waals surface area contributed by atoms with E-state index in [4.69, 9.17) is 9.47 Å². The lowest BCUT2D eigenvalue weighted by molar-refractivity contribution is -0.144. The van der Waals surface area contributed by atoms with E-state index >= 15 is 0 Å². The Morgan fingerprint density at radius 3 is 2.31 bits per heavy atom. The van der Waals surface area contributed by atoms with E-state index < -0.39 is 40.1 Å². The molecule has 0 N–H and O–H groups in total. The zero-order valence-electron chi connectivity index (χ0n) is 15.3. The van der Waals surface area contributed by atoms with Crippen LogP contribution in [0.3, 0.4) is 0 Å². The van der Waals surface area contributed by atoms with Gasteiger partial charge in [0.25, 0.3) is 0 Å². The number of carbonyl (C=O) groups excluding carboxylic acids is 4. The fourth-order valence-electron chi connectivity index (χ4n) is 4.33. The largest absolute Gasteiger partial charge is 0.497 e.